The normalized spacial score (nSPS) is 21.0. The van der Waals surface area contributed by atoms with Gasteiger partial charge in [0.25, 0.3) is 0 Å². The molecule has 2 amide bonds. The van der Waals surface area contributed by atoms with Crippen molar-refractivity contribution in [3.8, 4) is 0 Å². The second-order valence-corrected chi connectivity index (χ2v) is 5.14. The van der Waals surface area contributed by atoms with Gasteiger partial charge in [-0.25, -0.2) is 14.6 Å². The summed E-state index contributed by atoms with van der Waals surface area (Å²) in [5.41, 5.74) is 0.338. The van der Waals surface area contributed by atoms with E-state index < -0.39 is 5.97 Å². The number of hydrogen-bond acceptors (Lipinski definition) is 5. The maximum Gasteiger partial charge on any atom is 0.338 e. The molecule has 0 aromatic carbocycles. The Kier molecular flexibility index (Phi) is 5.71. The highest BCUT2D eigenvalue weighted by Crippen LogP contribution is 2.16. The predicted molar refractivity (Wildman–Crippen MR) is 80.8 cm³/mol. The Labute approximate surface area is 129 Å². The van der Waals surface area contributed by atoms with E-state index in [4.69, 9.17) is 4.74 Å². The zero-order valence-corrected chi connectivity index (χ0v) is 12.8. The summed E-state index contributed by atoms with van der Waals surface area (Å²) in [6.45, 7) is 2.72. The van der Waals surface area contributed by atoms with E-state index in [-0.39, 0.29) is 18.2 Å². The molecule has 7 heteroatoms. The van der Waals surface area contributed by atoms with Gasteiger partial charge in [-0.2, -0.15) is 0 Å². The zero-order valence-electron chi connectivity index (χ0n) is 12.8. The van der Waals surface area contributed by atoms with Crippen LogP contribution in [-0.4, -0.2) is 42.8 Å². The monoisotopic (exact) mass is 307 g/mol. The van der Waals surface area contributed by atoms with Gasteiger partial charge in [0, 0.05) is 18.8 Å². The largest absolute Gasteiger partial charge is 0.465 e. The number of pyridine rings is 1. The second kappa shape index (κ2) is 7.74. The molecule has 1 aromatic heterocycles. The van der Waals surface area contributed by atoms with Gasteiger partial charge >= 0.3 is 12.0 Å². The van der Waals surface area contributed by atoms with Crippen LogP contribution in [0.1, 0.15) is 36.5 Å². The zero-order chi connectivity index (χ0) is 15.9. The number of carbonyl (C=O) groups is 2. The van der Waals surface area contributed by atoms with Crippen molar-refractivity contribution in [2.45, 2.75) is 38.3 Å². The number of ether oxygens (including phenoxy) is 2. The first kappa shape index (κ1) is 16.2. The minimum Gasteiger partial charge on any atom is -0.465 e. The summed E-state index contributed by atoms with van der Waals surface area (Å²) >= 11 is 0. The van der Waals surface area contributed by atoms with E-state index in [0.717, 1.165) is 19.3 Å². The topological polar surface area (TPSA) is 89.6 Å². The highest BCUT2D eigenvalue weighted by Gasteiger charge is 2.22. The van der Waals surface area contributed by atoms with Gasteiger partial charge in [-0.3, -0.25) is 5.32 Å². The smallest absolute Gasteiger partial charge is 0.338 e. The van der Waals surface area contributed by atoms with Gasteiger partial charge in [0.1, 0.15) is 5.82 Å². The minimum atomic E-state index is -0.471. The average Bonchev–Trinajstić information content (AvgIpc) is 2.54. The summed E-state index contributed by atoms with van der Waals surface area (Å²) in [6, 6.07) is 2.75. The van der Waals surface area contributed by atoms with Gasteiger partial charge in [0.15, 0.2) is 0 Å². The lowest BCUT2D eigenvalue weighted by molar-refractivity contribution is 0.00219. The maximum absolute atomic E-state index is 12.0. The number of aromatic nitrogens is 1. The number of nitrogens with zero attached hydrogens (tertiary/aromatic N) is 1. The first-order chi connectivity index (χ1) is 10.6. The molecule has 120 valence electrons. The third-order valence-corrected chi connectivity index (χ3v) is 3.58. The van der Waals surface area contributed by atoms with Gasteiger partial charge < -0.3 is 14.8 Å². The molecule has 0 saturated carbocycles. The number of amides is 2. The van der Waals surface area contributed by atoms with Crippen LogP contribution in [0, 0.1) is 0 Å². The lowest BCUT2D eigenvalue weighted by Crippen LogP contribution is -2.43. The van der Waals surface area contributed by atoms with Gasteiger partial charge in [-0.15, -0.1) is 0 Å². The van der Waals surface area contributed by atoms with Crippen LogP contribution < -0.4 is 10.6 Å². The van der Waals surface area contributed by atoms with Crippen LogP contribution >= 0.6 is 0 Å². The van der Waals surface area contributed by atoms with Crippen molar-refractivity contribution in [2.24, 2.45) is 0 Å². The highest BCUT2D eigenvalue weighted by atomic mass is 16.5. The van der Waals surface area contributed by atoms with E-state index in [1.165, 1.54) is 25.4 Å². The molecule has 0 bridgehead atoms. The quantitative estimate of drug-likeness (QED) is 0.830. The minimum absolute atomic E-state index is 0.0856. The molecule has 7 nitrogen and oxygen atoms in total. The number of methoxy groups -OCH3 is 1. The first-order valence-corrected chi connectivity index (χ1v) is 7.35. The fourth-order valence-corrected chi connectivity index (χ4v) is 2.38. The SMILES string of the molecule is CCC1CC(NC(=O)Nc2cc(C(=O)OC)ccn2)CCO1. The van der Waals surface area contributed by atoms with Gasteiger partial charge in [0.05, 0.1) is 18.8 Å². The molecule has 2 rings (SSSR count). The molecule has 2 unspecified atom stereocenters. The molecule has 0 radical (unpaired) electrons. The number of esters is 1. The highest BCUT2D eigenvalue weighted by molar-refractivity contribution is 5.92. The van der Waals surface area contributed by atoms with E-state index in [1.807, 2.05) is 0 Å². The Hall–Kier alpha value is -2.15. The van der Waals surface area contributed by atoms with Crippen molar-refractivity contribution in [1.82, 2.24) is 10.3 Å². The van der Waals surface area contributed by atoms with Crippen molar-refractivity contribution in [3.63, 3.8) is 0 Å². The van der Waals surface area contributed by atoms with Crippen LogP contribution in [0.15, 0.2) is 18.3 Å². The molecular weight excluding hydrogens is 286 g/mol. The Morgan fingerprint density at radius 1 is 1.50 bits per heavy atom. The van der Waals surface area contributed by atoms with E-state index in [9.17, 15) is 9.59 Å². The second-order valence-electron chi connectivity index (χ2n) is 5.14. The third-order valence-electron chi connectivity index (χ3n) is 3.58. The fourth-order valence-electron chi connectivity index (χ4n) is 2.38. The Morgan fingerprint density at radius 2 is 2.32 bits per heavy atom. The Balaban J connectivity index is 1.90. The molecule has 2 N–H and O–H groups in total. The van der Waals surface area contributed by atoms with E-state index in [2.05, 4.69) is 27.3 Å². The van der Waals surface area contributed by atoms with Crippen LogP contribution in [0.3, 0.4) is 0 Å². The first-order valence-electron chi connectivity index (χ1n) is 7.35. The summed E-state index contributed by atoms with van der Waals surface area (Å²) in [4.78, 5) is 27.5. The van der Waals surface area contributed by atoms with Crippen molar-refractivity contribution in [2.75, 3.05) is 19.0 Å². The molecule has 1 fully saturated rings. The predicted octanol–water partition coefficient (Wildman–Crippen LogP) is 1.95. The van der Waals surface area contributed by atoms with Crippen molar-refractivity contribution in [1.29, 1.82) is 0 Å². The van der Waals surface area contributed by atoms with Gasteiger partial charge in [-0.05, 0) is 31.4 Å². The number of anilines is 1. The Morgan fingerprint density at radius 3 is 3.05 bits per heavy atom. The maximum atomic E-state index is 12.0. The molecule has 1 aliphatic rings. The number of urea groups is 1. The number of rotatable bonds is 4. The van der Waals surface area contributed by atoms with Crippen LogP contribution in [0.2, 0.25) is 0 Å². The molecule has 1 aromatic rings. The molecule has 1 saturated heterocycles. The number of carbonyl (C=O) groups excluding carboxylic acids is 2. The van der Waals surface area contributed by atoms with Crippen LogP contribution in [0.25, 0.3) is 0 Å². The third kappa shape index (κ3) is 4.42. The standard InChI is InChI=1S/C15H21N3O4/c1-3-12-9-11(5-7-22-12)17-15(20)18-13-8-10(4-6-16-13)14(19)21-2/h4,6,8,11-12H,3,5,7,9H2,1-2H3,(H2,16,17,18,20). The molecule has 22 heavy (non-hydrogen) atoms. The van der Waals surface area contributed by atoms with E-state index >= 15 is 0 Å². The summed E-state index contributed by atoms with van der Waals surface area (Å²) in [7, 11) is 1.30. The lowest BCUT2D eigenvalue weighted by atomic mass is 10.0. The lowest BCUT2D eigenvalue weighted by Gasteiger charge is -2.29. The van der Waals surface area contributed by atoms with Crippen LogP contribution in [0.4, 0.5) is 10.6 Å². The molecule has 1 aliphatic heterocycles. The summed E-state index contributed by atoms with van der Waals surface area (Å²) in [5, 5.41) is 5.54. The average molecular weight is 307 g/mol. The molecule has 2 heterocycles. The summed E-state index contributed by atoms with van der Waals surface area (Å²) in [6.07, 6.45) is 4.17. The summed E-state index contributed by atoms with van der Waals surface area (Å²) < 4.78 is 10.2. The summed E-state index contributed by atoms with van der Waals surface area (Å²) in [5.74, 6) is -0.166. The van der Waals surface area contributed by atoms with Crippen LogP contribution in [-0.2, 0) is 9.47 Å². The van der Waals surface area contributed by atoms with Crippen molar-refractivity contribution in [3.05, 3.63) is 23.9 Å². The van der Waals surface area contributed by atoms with Crippen molar-refractivity contribution < 1.29 is 19.1 Å². The van der Waals surface area contributed by atoms with Crippen molar-refractivity contribution >= 4 is 17.8 Å². The van der Waals surface area contributed by atoms with Gasteiger partial charge in [-0.1, -0.05) is 6.92 Å². The van der Waals surface area contributed by atoms with E-state index in [1.54, 1.807) is 0 Å². The molecule has 0 aliphatic carbocycles. The molecular formula is C15H21N3O4. The molecule has 0 spiro atoms. The fraction of sp³-hybridized carbons (Fsp3) is 0.533. The van der Waals surface area contributed by atoms with Crippen LogP contribution in [0.5, 0.6) is 0 Å². The number of hydrogen-bond donors (Lipinski definition) is 2. The Bertz CT molecular complexity index is 535. The van der Waals surface area contributed by atoms with E-state index in [0.29, 0.717) is 18.0 Å². The van der Waals surface area contributed by atoms with Gasteiger partial charge in [0.2, 0.25) is 0 Å². The molecule has 2 atom stereocenters. The number of nitrogens with one attached hydrogen (secondary N) is 2.